The summed E-state index contributed by atoms with van der Waals surface area (Å²) in [5, 5.41) is 0. The third-order valence-corrected chi connectivity index (χ3v) is 5.88. The molecule has 5 rings (SSSR count). The Hall–Kier alpha value is -0.900. The van der Waals surface area contributed by atoms with Crippen LogP contribution >= 0.6 is 0 Å². The minimum Gasteiger partial charge on any atom is -0.319 e. The second-order valence-electron chi connectivity index (χ2n) is 7.40. The van der Waals surface area contributed by atoms with E-state index in [1.807, 2.05) is 0 Å². The zero-order valence-electron chi connectivity index (χ0n) is 12.5. The van der Waals surface area contributed by atoms with Gasteiger partial charge in [0.2, 0.25) is 0 Å². The van der Waals surface area contributed by atoms with Crippen LogP contribution in [0.15, 0.2) is 0 Å². The van der Waals surface area contributed by atoms with Gasteiger partial charge in [0.05, 0.1) is 6.61 Å². The lowest BCUT2D eigenvalue weighted by atomic mass is 9.63. The van der Waals surface area contributed by atoms with Crippen molar-refractivity contribution in [3.05, 3.63) is 0 Å². The molecule has 4 nitrogen and oxygen atoms in total. The fourth-order valence-corrected chi connectivity index (χ4v) is 5.03. The van der Waals surface area contributed by atoms with E-state index in [4.69, 9.17) is 4.74 Å². The first-order valence-electron chi connectivity index (χ1n) is 8.21. The van der Waals surface area contributed by atoms with Crippen LogP contribution in [0.25, 0.3) is 0 Å². The quantitative estimate of drug-likeness (QED) is 0.688. The number of carbonyl (C=O) groups excluding carboxylic acids is 1. The van der Waals surface area contributed by atoms with Gasteiger partial charge in [-0.3, -0.25) is 4.79 Å². The van der Waals surface area contributed by atoms with Crippen LogP contribution in [-0.2, 0) is 9.53 Å². The summed E-state index contributed by atoms with van der Waals surface area (Å²) in [5.74, 6) is 3.14. The fraction of sp³-hybridized carbons (Fsp3) is 0.875. The van der Waals surface area contributed by atoms with Gasteiger partial charge in [-0.05, 0) is 43.9 Å². The number of hydrogen-bond acceptors (Lipinski definition) is 2. The summed E-state index contributed by atoms with van der Waals surface area (Å²) < 4.78 is 7.95. The van der Waals surface area contributed by atoms with E-state index in [-0.39, 0.29) is 18.1 Å². The number of hydrazone groups is 1. The first kappa shape index (κ1) is 12.8. The van der Waals surface area contributed by atoms with Gasteiger partial charge >= 0.3 is 0 Å². The van der Waals surface area contributed by atoms with E-state index in [0.717, 1.165) is 24.9 Å². The molecule has 2 aliphatic heterocycles. The monoisotopic (exact) mass is 277 g/mol. The molecule has 3 aliphatic carbocycles. The number of ether oxygens (including phenoxy) is 1. The molecule has 20 heavy (non-hydrogen) atoms. The van der Waals surface area contributed by atoms with Crippen LogP contribution in [-0.4, -0.2) is 29.1 Å². The Morgan fingerprint density at radius 2 is 1.75 bits per heavy atom. The molecular formula is C16H25N2O2+. The van der Waals surface area contributed by atoms with E-state index in [9.17, 15) is 4.79 Å². The zero-order chi connectivity index (χ0) is 13.9. The molecule has 2 saturated heterocycles. The molecule has 1 N–H and O–H groups in total. The van der Waals surface area contributed by atoms with Crippen molar-refractivity contribution in [3.8, 4) is 0 Å². The van der Waals surface area contributed by atoms with E-state index in [0.29, 0.717) is 11.8 Å². The molecule has 4 heteroatoms. The van der Waals surface area contributed by atoms with Crippen molar-refractivity contribution in [1.82, 2.24) is 5.43 Å². The van der Waals surface area contributed by atoms with Crippen molar-refractivity contribution < 1.29 is 14.2 Å². The third-order valence-electron chi connectivity index (χ3n) is 5.88. The van der Waals surface area contributed by atoms with Crippen LogP contribution in [0.3, 0.4) is 0 Å². The Bertz CT molecular complexity index is 449. The van der Waals surface area contributed by atoms with Crippen molar-refractivity contribution >= 4 is 11.6 Å². The highest BCUT2D eigenvalue weighted by Crippen LogP contribution is 2.45. The maximum absolute atomic E-state index is 12.1. The van der Waals surface area contributed by atoms with E-state index >= 15 is 0 Å². The lowest BCUT2D eigenvalue weighted by Gasteiger charge is -2.41. The average Bonchev–Trinajstić information content (AvgIpc) is 2.91. The molecule has 110 valence electrons. The second-order valence-corrected chi connectivity index (χ2v) is 7.40. The third kappa shape index (κ3) is 1.84. The van der Waals surface area contributed by atoms with Gasteiger partial charge in [-0.15, -0.1) is 5.43 Å². The Balaban J connectivity index is 1.70. The van der Waals surface area contributed by atoms with E-state index < -0.39 is 0 Å². The van der Waals surface area contributed by atoms with E-state index in [1.54, 1.807) is 0 Å². The van der Waals surface area contributed by atoms with Crippen LogP contribution in [0.4, 0.5) is 0 Å². The first-order chi connectivity index (χ1) is 9.63. The minimum atomic E-state index is -0.0434. The Morgan fingerprint density at radius 1 is 1.10 bits per heavy atom. The number of rotatable bonds is 0. The molecule has 0 radical (unpaired) electrons. The van der Waals surface area contributed by atoms with Crippen LogP contribution < -0.4 is 5.43 Å². The smallest absolute Gasteiger partial charge is 0.297 e. The topological polar surface area (TPSA) is 41.3 Å². The summed E-state index contributed by atoms with van der Waals surface area (Å²) in [6, 6.07) is 0. The number of amides is 1. The van der Waals surface area contributed by atoms with Crippen LogP contribution in [0.1, 0.15) is 46.0 Å². The largest absolute Gasteiger partial charge is 0.319 e. The Kier molecular flexibility index (Phi) is 2.92. The van der Waals surface area contributed by atoms with Gasteiger partial charge < -0.3 is 4.74 Å². The van der Waals surface area contributed by atoms with Crippen molar-refractivity contribution in [2.24, 2.45) is 29.6 Å². The van der Waals surface area contributed by atoms with E-state index in [2.05, 4.69) is 24.0 Å². The number of hydrazine groups is 1. The van der Waals surface area contributed by atoms with Gasteiger partial charge in [-0.1, -0.05) is 18.5 Å². The van der Waals surface area contributed by atoms with Gasteiger partial charge in [0.1, 0.15) is 5.92 Å². The SMILES string of the molecule is CC1CC2CC(C2)CC(C)C1=[N+]1NC(=O)C2CCOC21. The molecule has 1 amide bonds. The Labute approximate surface area is 120 Å². The molecule has 5 aliphatic rings. The second kappa shape index (κ2) is 4.55. The maximum Gasteiger partial charge on any atom is 0.297 e. The number of nitrogens with one attached hydrogen (secondary N) is 1. The average molecular weight is 277 g/mol. The van der Waals surface area contributed by atoms with Crippen LogP contribution in [0.5, 0.6) is 0 Å². The molecule has 3 saturated carbocycles. The maximum atomic E-state index is 12.1. The lowest BCUT2D eigenvalue weighted by molar-refractivity contribution is -0.637. The first-order valence-corrected chi connectivity index (χ1v) is 8.21. The molecular weight excluding hydrogens is 252 g/mol. The molecule has 4 unspecified atom stereocenters. The standard InChI is InChI=1S/C16H24N2O2/c1-9-5-11-7-12(8-11)6-10(2)14(9)18-16-13(3-4-20-16)15(19)17-18/h9-13,16H,3-8H2,1-2H3/p+1. The van der Waals surface area contributed by atoms with Gasteiger partial charge in [-0.2, -0.15) is 0 Å². The fourth-order valence-electron chi connectivity index (χ4n) is 5.03. The summed E-state index contributed by atoms with van der Waals surface area (Å²) in [7, 11) is 0. The number of nitrogens with zero attached hydrogens (tertiary/aromatic N) is 1. The summed E-state index contributed by atoms with van der Waals surface area (Å²) in [4.78, 5) is 12.1. The number of carbonyl (C=O) groups is 1. The number of hydrogen-bond donors (Lipinski definition) is 1. The summed E-state index contributed by atoms with van der Waals surface area (Å²) >= 11 is 0. The molecule has 2 bridgehead atoms. The molecule has 5 fully saturated rings. The van der Waals surface area contributed by atoms with Crippen molar-refractivity contribution in [3.63, 3.8) is 0 Å². The van der Waals surface area contributed by atoms with Crippen LogP contribution in [0, 0.1) is 29.6 Å². The normalized spacial score (nSPS) is 47.4. The van der Waals surface area contributed by atoms with Crippen molar-refractivity contribution in [2.75, 3.05) is 6.61 Å². The van der Waals surface area contributed by atoms with Crippen LogP contribution in [0.2, 0.25) is 0 Å². The Morgan fingerprint density at radius 3 is 2.40 bits per heavy atom. The lowest BCUT2D eigenvalue weighted by Crippen LogP contribution is -2.45. The highest BCUT2D eigenvalue weighted by molar-refractivity contribution is 5.87. The van der Waals surface area contributed by atoms with Gasteiger partial charge in [0, 0.05) is 11.8 Å². The zero-order valence-corrected chi connectivity index (χ0v) is 12.5. The molecule has 2 heterocycles. The van der Waals surface area contributed by atoms with Crippen molar-refractivity contribution in [1.29, 1.82) is 0 Å². The molecule has 0 aromatic carbocycles. The van der Waals surface area contributed by atoms with Gasteiger partial charge in [0.25, 0.3) is 12.1 Å². The predicted molar refractivity (Wildman–Crippen MR) is 75.0 cm³/mol. The number of fused-ring (bicyclic) bond motifs is 5. The van der Waals surface area contributed by atoms with Gasteiger partial charge in [0.15, 0.2) is 5.71 Å². The molecule has 0 aromatic heterocycles. The summed E-state index contributed by atoms with van der Waals surface area (Å²) in [5.41, 5.74) is 4.52. The summed E-state index contributed by atoms with van der Waals surface area (Å²) in [6.45, 7) is 5.39. The van der Waals surface area contributed by atoms with Crippen molar-refractivity contribution in [2.45, 2.75) is 52.2 Å². The molecule has 0 spiro atoms. The summed E-state index contributed by atoms with van der Waals surface area (Å²) in [6.07, 6.45) is 6.24. The van der Waals surface area contributed by atoms with Gasteiger partial charge in [-0.25, -0.2) is 0 Å². The predicted octanol–water partition coefficient (Wildman–Crippen LogP) is 1.94. The van der Waals surface area contributed by atoms with E-state index in [1.165, 1.54) is 31.4 Å². The highest BCUT2D eigenvalue weighted by atomic mass is 16.5. The minimum absolute atomic E-state index is 0.0434. The molecule has 4 atom stereocenters. The molecule has 0 aromatic rings. The highest BCUT2D eigenvalue weighted by Gasteiger charge is 2.53.